The van der Waals surface area contributed by atoms with E-state index in [1.165, 1.54) is 0 Å². The molecule has 6 heteroatoms. The van der Waals surface area contributed by atoms with E-state index in [0.717, 1.165) is 18.4 Å². The number of amides is 2. The maximum atomic E-state index is 13.1. The number of nitrogens with zero attached hydrogens (tertiary/aromatic N) is 2. The zero-order valence-electron chi connectivity index (χ0n) is 16.8. The van der Waals surface area contributed by atoms with Gasteiger partial charge in [-0.15, -0.1) is 0 Å². The van der Waals surface area contributed by atoms with E-state index in [1.807, 2.05) is 30.3 Å². The van der Waals surface area contributed by atoms with E-state index < -0.39 is 0 Å². The SMILES string of the molecule is COc1ccc(CN(C)C(=O)c2ccccc2N(C)C(=O)C2CC2)c(OC)c1. The molecule has 0 atom stereocenters. The normalized spacial score (nSPS) is 13.0. The molecule has 28 heavy (non-hydrogen) atoms. The lowest BCUT2D eigenvalue weighted by molar-refractivity contribution is -0.119. The van der Waals surface area contributed by atoms with Gasteiger partial charge in [0, 0.05) is 38.2 Å². The van der Waals surface area contributed by atoms with E-state index in [9.17, 15) is 9.59 Å². The second kappa shape index (κ2) is 8.33. The van der Waals surface area contributed by atoms with Gasteiger partial charge in [-0.05, 0) is 37.1 Å². The monoisotopic (exact) mass is 382 g/mol. The molecule has 0 heterocycles. The summed E-state index contributed by atoms with van der Waals surface area (Å²) in [4.78, 5) is 28.8. The largest absolute Gasteiger partial charge is 0.497 e. The molecule has 0 N–H and O–H groups in total. The van der Waals surface area contributed by atoms with Crippen LogP contribution in [0.1, 0.15) is 28.8 Å². The van der Waals surface area contributed by atoms with Gasteiger partial charge < -0.3 is 19.3 Å². The molecule has 1 fully saturated rings. The summed E-state index contributed by atoms with van der Waals surface area (Å²) in [6.07, 6.45) is 1.85. The summed E-state index contributed by atoms with van der Waals surface area (Å²) in [6, 6.07) is 12.8. The zero-order valence-corrected chi connectivity index (χ0v) is 16.8. The molecular weight excluding hydrogens is 356 g/mol. The minimum absolute atomic E-state index is 0.0692. The van der Waals surface area contributed by atoms with Gasteiger partial charge in [-0.2, -0.15) is 0 Å². The Morgan fingerprint density at radius 2 is 1.75 bits per heavy atom. The lowest BCUT2D eigenvalue weighted by Crippen LogP contribution is -2.32. The summed E-state index contributed by atoms with van der Waals surface area (Å²) in [5.41, 5.74) is 2.02. The predicted molar refractivity (Wildman–Crippen MR) is 108 cm³/mol. The maximum absolute atomic E-state index is 13.1. The fourth-order valence-corrected chi connectivity index (χ4v) is 3.19. The fourth-order valence-electron chi connectivity index (χ4n) is 3.19. The average molecular weight is 382 g/mol. The van der Waals surface area contributed by atoms with Crippen LogP contribution >= 0.6 is 0 Å². The first kappa shape index (κ1) is 19.7. The topological polar surface area (TPSA) is 59.1 Å². The van der Waals surface area contributed by atoms with Crippen LogP contribution in [0.25, 0.3) is 0 Å². The molecule has 6 nitrogen and oxygen atoms in total. The summed E-state index contributed by atoms with van der Waals surface area (Å²) < 4.78 is 10.7. The second-order valence-electron chi connectivity index (χ2n) is 7.03. The molecule has 0 aromatic heterocycles. The number of rotatable bonds is 7. The van der Waals surface area contributed by atoms with Crippen molar-refractivity contribution in [2.45, 2.75) is 19.4 Å². The fraction of sp³-hybridized carbons (Fsp3) is 0.364. The van der Waals surface area contributed by atoms with Crippen molar-refractivity contribution in [2.24, 2.45) is 5.92 Å². The van der Waals surface area contributed by atoms with Crippen LogP contribution in [0.15, 0.2) is 42.5 Å². The van der Waals surface area contributed by atoms with Gasteiger partial charge in [0.15, 0.2) is 0 Å². The van der Waals surface area contributed by atoms with Crippen LogP contribution in [-0.4, -0.2) is 45.0 Å². The van der Waals surface area contributed by atoms with Crippen LogP contribution in [0, 0.1) is 5.92 Å². The molecular formula is C22H26N2O4. The number of anilines is 1. The third-order valence-electron chi connectivity index (χ3n) is 5.00. The van der Waals surface area contributed by atoms with E-state index in [-0.39, 0.29) is 17.7 Å². The lowest BCUT2D eigenvalue weighted by Gasteiger charge is -2.24. The first-order chi connectivity index (χ1) is 13.5. The number of carbonyl (C=O) groups is 2. The van der Waals surface area contributed by atoms with Crippen LogP contribution in [0.2, 0.25) is 0 Å². The lowest BCUT2D eigenvalue weighted by atomic mass is 10.1. The molecule has 0 aliphatic heterocycles. The summed E-state index contributed by atoms with van der Waals surface area (Å²) >= 11 is 0. The van der Waals surface area contributed by atoms with Crippen LogP contribution in [0.3, 0.4) is 0 Å². The van der Waals surface area contributed by atoms with Gasteiger partial charge in [0.05, 0.1) is 25.5 Å². The zero-order chi connectivity index (χ0) is 20.3. The van der Waals surface area contributed by atoms with E-state index in [2.05, 4.69) is 0 Å². The van der Waals surface area contributed by atoms with E-state index in [1.54, 1.807) is 50.2 Å². The molecule has 0 radical (unpaired) electrons. The molecule has 0 unspecified atom stereocenters. The van der Waals surface area contributed by atoms with Gasteiger partial charge >= 0.3 is 0 Å². The van der Waals surface area contributed by atoms with Crippen molar-refractivity contribution < 1.29 is 19.1 Å². The molecule has 0 spiro atoms. The highest BCUT2D eigenvalue weighted by Gasteiger charge is 2.33. The minimum Gasteiger partial charge on any atom is -0.497 e. The summed E-state index contributed by atoms with van der Waals surface area (Å²) in [7, 11) is 6.67. The first-order valence-corrected chi connectivity index (χ1v) is 9.29. The van der Waals surface area contributed by atoms with Crippen molar-refractivity contribution >= 4 is 17.5 Å². The summed E-state index contributed by atoms with van der Waals surface area (Å²) in [5, 5.41) is 0. The van der Waals surface area contributed by atoms with Crippen molar-refractivity contribution in [2.75, 3.05) is 33.2 Å². The molecule has 1 saturated carbocycles. The Labute approximate surface area is 165 Å². The number of ether oxygens (including phenoxy) is 2. The third kappa shape index (κ3) is 4.11. The molecule has 1 aliphatic rings. The average Bonchev–Trinajstić information content (AvgIpc) is 3.57. The highest BCUT2D eigenvalue weighted by Crippen LogP contribution is 2.33. The number of methoxy groups -OCH3 is 2. The Balaban J connectivity index is 1.81. The second-order valence-corrected chi connectivity index (χ2v) is 7.03. The van der Waals surface area contributed by atoms with Crippen molar-refractivity contribution in [1.82, 2.24) is 4.90 Å². The summed E-state index contributed by atoms with van der Waals surface area (Å²) in [6.45, 7) is 0.376. The third-order valence-corrected chi connectivity index (χ3v) is 5.00. The maximum Gasteiger partial charge on any atom is 0.256 e. The Kier molecular flexibility index (Phi) is 5.87. The van der Waals surface area contributed by atoms with Crippen LogP contribution in [0.5, 0.6) is 11.5 Å². The van der Waals surface area contributed by atoms with Gasteiger partial charge in [0.1, 0.15) is 11.5 Å². The molecule has 2 aromatic carbocycles. The molecule has 0 bridgehead atoms. The number of benzene rings is 2. The Morgan fingerprint density at radius 1 is 1.04 bits per heavy atom. The predicted octanol–water partition coefficient (Wildman–Crippen LogP) is 3.35. The number of para-hydroxylation sites is 1. The van der Waals surface area contributed by atoms with Crippen LogP contribution in [-0.2, 0) is 11.3 Å². The van der Waals surface area contributed by atoms with Gasteiger partial charge in [-0.25, -0.2) is 0 Å². The van der Waals surface area contributed by atoms with E-state index in [0.29, 0.717) is 29.3 Å². The van der Waals surface area contributed by atoms with Crippen molar-refractivity contribution in [3.63, 3.8) is 0 Å². The summed E-state index contributed by atoms with van der Waals surface area (Å²) in [5.74, 6) is 1.37. The van der Waals surface area contributed by atoms with Gasteiger partial charge in [-0.3, -0.25) is 9.59 Å². The first-order valence-electron chi connectivity index (χ1n) is 9.29. The van der Waals surface area contributed by atoms with Gasteiger partial charge in [0.25, 0.3) is 5.91 Å². The van der Waals surface area contributed by atoms with Crippen molar-refractivity contribution in [3.05, 3.63) is 53.6 Å². The standard InChI is InChI=1S/C22H26N2O4/c1-23(14-16-11-12-17(27-3)13-20(16)28-4)22(26)18-7-5-6-8-19(18)24(2)21(25)15-9-10-15/h5-8,11-13,15H,9-10,14H2,1-4H3. The highest BCUT2D eigenvalue weighted by atomic mass is 16.5. The molecule has 3 rings (SSSR count). The molecule has 2 aromatic rings. The number of carbonyl (C=O) groups excluding carboxylic acids is 2. The molecule has 2 amide bonds. The molecule has 1 aliphatic carbocycles. The Morgan fingerprint density at radius 3 is 2.39 bits per heavy atom. The Hall–Kier alpha value is -3.02. The molecule has 0 saturated heterocycles. The van der Waals surface area contributed by atoms with Crippen LogP contribution in [0.4, 0.5) is 5.69 Å². The smallest absolute Gasteiger partial charge is 0.256 e. The highest BCUT2D eigenvalue weighted by molar-refractivity contribution is 6.05. The van der Waals surface area contributed by atoms with Crippen LogP contribution < -0.4 is 14.4 Å². The van der Waals surface area contributed by atoms with Gasteiger partial charge in [-0.1, -0.05) is 12.1 Å². The van der Waals surface area contributed by atoms with Crippen molar-refractivity contribution in [1.29, 1.82) is 0 Å². The number of hydrogen-bond donors (Lipinski definition) is 0. The van der Waals surface area contributed by atoms with E-state index >= 15 is 0 Å². The van der Waals surface area contributed by atoms with Crippen molar-refractivity contribution in [3.8, 4) is 11.5 Å². The quantitative estimate of drug-likeness (QED) is 0.737. The number of hydrogen-bond acceptors (Lipinski definition) is 4. The minimum atomic E-state index is -0.149. The van der Waals surface area contributed by atoms with Gasteiger partial charge in [0.2, 0.25) is 5.91 Å². The Bertz CT molecular complexity index is 877. The molecule has 148 valence electrons. The van der Waals surface area contributed by atoms with E-state index in [4.69, 9.17) is 9.47 Å².